The van der Waals surface area contributed by atoms with Crippen molar-refractivity contribution < 1.29 is 9.53 Å². The topological polar surface area (TPSA) is 54.1 Å². The van der Waals surface area contributed by atoms with E-state index in [0.717, 1.165) is 23.7 Å². The van der Waals surface area contributed by atoms with Crippen LogP contribution in [0.25, 0.3) is 10.9 Å². The maximum absolute atomic E-state index is 11.7. The maximum atomic E-state index is 11.7. The van der Waals surface area contributed by atoms with Gasteiger partial charge in [-0.3, -0.25) is 0 Å². The van der Waals surface area contributed by atoms with Crippen LogP contribution in [0, 0.1) is 0 Å². The summed E-state index contributed by atoms with van der Waals surface area (Å²) in [6.45, 7) is 4.41. The molecule has 2 atom stereocenters. The van der Waals surface area contributed by atoms with Crippen LogP contribution in [0.2, 0.25) is 0 Å². The van der Waals surface area contributed by atoms with E-state index < -0.39 is 0 Å². The summed E-state index contributed by atoms with van der Waals surface area (Å²) in [5.41, 5.74) is 4.00. The van der Waals surface area contributed by atoms with E-state index in [9.17, 15) is 4.79 Å². The zero-order valence-corrected chi connectivity index (χ0v) is 15.6. The average Bonchev–Trinajstić information content (AvgIpc) is 3.10. The van der Waals surface area contributed by atoms with Crippen LogP contribution < -0.4 is 5.32 Å². The van der Waals surface area contributed by atoms with E-state index in [-0.39, 0.29) is 5.97 Å². The highest BCUT2D eigenvalue weighted by Crippen LogP contribution is 2.20. The number of nitrogens with one attached hydrogen (secondary N) is 2. The SMILES string of the molecule is CCC(Cc1ccc2[nH]c(C(=O)OC)cc2c1)NC(C)c1ccccc1. The molecule has 1 aromatic heterocycles. The summed E-state index contributed by atoms with van der Waals surface area (Å²) in [4.78, 5) is 14.8. The first-order valence-corrected chi connectivity index (χ1v) is 9.11. The molecule has 0 aliphatic heterocycles. The zero-order chi connectivity index (χ0) is 18.5. The van der Waals surface area contributed by atoms with E-state index in [1.165, 1.54) is 18.2 Å². The number of ether oxygens (including phenoxy) is 1. The summed E-state index contributed by atoms with van der Waals surface area (Å²) in [6.07, 6.45) is 2.00. The zero-order valence-electron chi connectivity index (χ0n) is 15.6. The minimum absolute atomic E-state index is 0.308. The summed E-state index contributed by atoms with van der Waals surface area (Å²) in [5, 5.41) is 4.77. The number of rotatable bonds is 7. The van der Waals surface area contributed by atoms with Gasteiger partial charge in [0.1, 0.15) is 5.69 Å². The molecule has 0 aliphatic carbocycles. The third-order valence-corrected chi connectivity index (χ3v) is 4.85. The van der Waals surface area contributed by atoms with Crippen molar-refractivity contribution in [3.8, 4) is 0 Å². The number of fused-ring (bicyclic) bond motifs is 1. The molecular weight excluding hydrogens is 324 g/mol. The highest BCUT2D eigenvalue weighted by Gasteiger charge is 2.14. The Morgan fingerprint density at radius 3 is 2.62 bits per heavy atom. The van der Waals surface area contributed by atoms with Crippen molar-refractivity contribution in [1.82, 2.24) is 10.3 Å². The summed E-state index contributed by atoms with van der Waals surface area (Å²) in [6, 6.07) is 19.4. The molecule has 0 saturated carbocycles. The summed E-state index contributed by atoms with van der Waals surface area (Å²) < 4.78 is 4.78. The number of methoxy groups -OCH3 is 1. The van der Waals surface area contributed by atoms with Crippen LogP contribution >= 0.6 is 0 Å². The van der Waals surface area contributed by atoms with Gasteiger partial charge >= 0.3 is 5.97 Å². The minimum Gasteiger partial charge on any atom is -0.464 e. The Balaban J connectivity index is 1.72. The van der Waals surface area contributed by atoms with Crippen LogP contribution in [0.3, 0.4) is 0 Å². The van der Waals surface area contributed by atoms with Gasteiger partial charge in [-0.2, -0.15) is 0 Å². The fraction of sp³-hybridized carbons (Fsp3) is 0.318. The van der Waals surface area contributed by atoms with E-state index >= 15 is 0 Å². The molecule has 0 fully saturated rings. The lowest BCUT2D eigenvalue weighted by Crippen LogP contribution is -2.32. The predicted octanol–water partition coefficient (Wildman–Crippen LogP) is 4.63. The van der Waals surface area contributed by atoms with Crippen LogP contribution in [0.4, 0.5) is 0 Å². The maximum Gasteiger partial charge on any atom is 0.354 e. The second-order valence-corrected chi connectivity index (χ2v) is 6.70. The van der Waals surface area contributed by atoms with Crippen molar-refractivity contribution in [2.45, 2.75) is 38.8 Å². The van der Waals surface area contributed by atoms with Gasteiger partial charge in [0.05, 0.1) is 7.11 Å². The van der Waals surface area contributed by atoms with Gasteiger partial charge < -0.3 is 15.0 Å². The second kappa shape index (κ2) is 8.19. The molecule has 3 rings (SSSR count). The van der Waals surface area contributed by atoms with E-state index in [1.807, 2.05) is 18.2 Å². The molecule has 2 unspecified atom stereocenters. The molecule has 136 valence electrons. The molecule has 3 aromatic rings. The van der Waals surface area contributed by atoms with Crippen molar-refractivity contribution in [3.05, 3.63) is 71.4 Å². The van der Waals surface area contributed by atoms with Crippen molar-refractivity contribution in [1.29, 1.82) is 0 Å². The summed E-state index contributed by atoms with van der Waals surface area (Å²) >= 11 is 0. The van der Waals surface area contributed by atoms with Crippen molar-refractivity contribution >= 4 is 16.9 Å². The lowest BCUT2D eigenvalue weighted by atomic mass is 10.0. The number of H-pyrrole nitrogens is 1. The highest BCUT2D eigenvalue weighted by molar-refractivity contribution is 5.94. The van der Waals surface area contributed by atoms with Gasteiger partial charge in [-0.1, -0.05) is 43.3 Å². The van der Waals surface area contributed by atoms with Gasteiger partial charge in [0.2, 0.25) is 0 Å². The first kappa shape index (κ1) is 18.2. The number of hydrogen-bond acceptors (Lipinski definition) is 3. The van der Waals surface area contributed by atoms with Crippen LogP contribution in [0.15, 0.2) is 54.6 Å². The predicted molar refractivity (Wildman–Crippen MR) is 105 cm³/mol. The molecule has 0 spiro atoms. The van der Waals surface area contributed by atoms with Crippen LogP contribution in [0.1, 0.15) is 47.9 Å². The third-order valence-electron chi connectivity index (χ3n) is 4.85. The minimum atomic E-state index is -0.340. The van der Waals surface area contributed by atoms with E-state index in [4.69, 9.17) is 4.74 Å². The molecule has 26 heavy (non-hydrogen) atoms. The summed E-state index contributed by atoms with van der Waals surface area (Å²) in [5.74, 6) is -0.340. The van der Waals surface area contributed by atoms with Crippen molar-refractivity contribution in [2.75, 3.05) is 7.11 Å². The van der Waals surface area contributed by atoms with Gasteiger partial charge in [-0.25, -0.2) is 4.79 Å². The summed E-state index contributed by atoms with van der Waals surface area (Å²) in [7, 11) is 1.39. The lowest BCUT2D eigenvalue weighted by Gasteiger charge is -2.23. The van der Waals surface area contributed by atoms with E-state index in [1.54, 1.807) is 0 Å². The number of carbonyl (C=O) groups excluding carboxylic acids is 1. The molecule has 0 bridgehead atoms. The molecule has 0 amide bonds. The standard InChI is InChI=1S/C22H26N2O2/c1-4-19(23-15(2)17-8-6-5-7-9-17)13-16-10-11-20-18(12-16)14-21(24-20)22(25)26-3/h5-12,14-15,19,23-24H,4,13H2,1-3H3. The van der Waals surface area contributed by atoms with Gasteiger partial charge in [0.25, 0.3) is 0 Å². The fourth-order valence-electron chi connectivity index (χ4n) is 3.33. The highest BCUT2D eigenvalue weighted by atomic mass is 16.5. The monoisotopic (exact) mass is 350 g/mol. The van der Waals surface area contributed by atoms with E-state index in [2.05, 4.69) is 60.5 Å². The Bertz CT molecular complexity index is 870. The Kier molecular flexibility index (Phi) is 5.74. The molecule has 0 aliphatic rings. The Morgan fingerprint density at radius 1 is 1.15 bits per heavy atom. The van der Waals surface area contributed by atoms with Crippen molar-refractivity contribution in [2.24, 2.45) is 0 Å². The molecule has 4 nitrogen and oxygen atoms in total. The third kappa shape index (κ3) is 4.14. The van der Waals surface area contributed by atoms with Crippen LogP contribution in [-0.4, -0.2) is 24.1 Å². The number of aromatic amines is 1. The molecule has 0 radical (unpaired) electrons. The fourth-order valence-corrected chi connectivity index (χ4v) is 3.33. The number of benzene rings is 2. The smallest absolute Gasteiger partial charge is 0.354 e. The molecule has 2 N–H and O–H groups in total. The lowest BCUT2D eigenvalue weighted by molar-refractivity contribution is 0.0595. The molecule has 2 aromatic carbocycles. The normalized spacial score (nSPS) is 13.5. The first-order chi connectivity index (χ1) is 12.6. The quantitative estimate of drug-likeness (QED) is 0.611. The molecule has 4 heteroatoms. The largest absolute Gasteiger partial charge is 0.464 e. The number of hydrogen-bond donors (Lipinski definition) is 2. The van der Waals surface area contributed by atoms with Gasteiger partial charge in [-0.05, 0) is 49.1 Å². The molecule has 1 heterocycles. The van der Waals surface area contributed by atoms with Gasteiger partial charge in [-0.15, -0.1) is 0 Å². The average molecular weight is 350 g/mol. The Morgan fingerprint density at radius 2 is 1.92 bits per heavy atom. The van der Waals surface area contributed by atoms with Gasteiger partial charge in [0.15, 0.2) is 0 Å². The first-order valence-electron chi connectivity index (χ1n) is 9.11. The molecular formula is C22H26N2O2. The van der Waals surface area contributed by atoms with Gasteiger partial charge in [0, 0.05) is 23.0 Å². The number of carbonyl (C=O) groups is 1. The second-order valence-electron chi connectivity index (χ2n) is 6.70. The van der Waals surface area contributed by atoms with Crippen LogP contribution in [-0.2, 0) is 11.2 Å². The number of aromatic nitrogens is 1. The molecule has 0 saturated heterocycles. The Labute approximate surface area is 154 Å². The number of esters is 1. The van der Waals surface area contributed by atoms with E-state index in [0.29, 0.717) is 17.8 Å². The van der Waals surface area contributed by atoms with Crippen LogP contribution in [0.5, 0.6) is 0 Å². The van der Waals surface area contributed by atoms with Crippen molar-refractivity contribution in [3.63, 3.8) is 0 Å². The Hall–Kier alpha value is -2.59.